The van der Waals surface area contributed by atoms with Crippen molar-refractivity contribution in [3.8, 4) is 17.1 Å². The lowest BCUT2D eigenvalue weighted by Gasteiger charge is -2.30. The van der Waals surface area contributed by atoms with Crippen molar-refractivity contribution in [1.82, 2.24) is 15.0 Å². The molecule has 3 rings (SSSR count). The van der Waals surface area contributed by atoms with Crippen LogP contribution in [0.1, 0.15) is 12.3 Å². The zero-order valence-electron chi connectivity index (χ0n) is 17.2. The topological polar surface area (TPSA) is 109 Å². The number of carbonyl (C=O) groups excluding carboxylic acids is 1. The maximum Gasteiger partial charge on any atom is 0.573 e. The van der Waals surface area contributed by atoms with Crippen LogP contribution in [-0.4, -0.2) is 68.7 Å². The highest BCUT2D eigenvalue weighted by molar-refractivity contribution is 6.22. The zero-order valence-corrected chi connectivity index (χ0v) is 18.0. The van der Waals surface area contributed by atoms with Gasteiger partial charge in [-0.1, -0.05) is 23.4 Å². The molecule has 0 aliphatic heterocycles. The van der Waals surface area contributed by atoms with Crippen molar-refractivity contribution in [3.05, 3.63) is 54.0 Å². The number of allylic oxidation sites excluding steroid dienone is 2. The minimum Gasteiger partial charge on any atom is -0.406 e. The van der Waals surface area contributed by atoms with E-state index in [-0.39, 0.29) is 48.3 Å². The number of aliphatic hydroxyl groups excluding tert-OH is 2. The summed E-state index contributed by atoms with van der Waals surface area (Å²) in [6.07, 6.45) is 0.659. The molecule has 1 heterocycles. The fraction of sp³-hybridized carbons (Fsp3) is 0.381. The van der Waals surface area contributed by atoms with E-state index in [2.05, 4.69) is 14.9 Å². The van der Waals surface area contributed by atoms with Crippen LogP contribution in [0.5, 0.6) is 5.75 Å². The van der Waals surface area contributed by atoms with Crippen molar-refractivity contribution in [2.24, 2.45) is 0 Å². The fourth-order valence-electron chi connectivity index (χ4n) is 3.21. The van der Waals surface area contributed by atoms with Crippen molar-refractivity contribution < 1.29 is 37.4 Å². The average Bonchev–Trinajstić information content (AvgIpc) is 3.24. The molecule has 0 fully saturated rings. The normalized spacial score (nSPS) is 16.9. The molecule has 0 saturated heterocycles. The Morgan fingerprint density at radius 2 is 2.03 bits per heavy atom. The molecule has 1 amide bonds. The predicted molar refractivity (Wildman–Crippen MR) is 111 cm³/mol. The van der Waals surface area contributed by atoms with E-state index in [1.807, 2.05) is 0 Å². The summed E-state index contributed by atoms with van der Waals surface area (Å²) in [5, 5.41) is 22.9. The first-order valence-corrected chi connectivity index (χ1v) is 10.4. The van der Waals surface area contributed by atoms with Gasteiger partial charge in [-0.05, 0) is 30.7 Å². The monoisotopic (exact) mass is 487 g/mol. The van der Waals surface area contributed by atoms with Gasteiger partial charge in [0.15, 0.2) is 0 Å². The molecule has 178 valence electrons. The molecule has 1 aromatic carbocycles. The van der Waals surface area contributed by atoms with Gasteiger partial charge in [-0.3, -0.25) is 4.79 Å². The van der Waals surface area contributed by atoms with Crippen LogP contribution in [0.4, 0.5) is 13.2 Å². The number of alkyl halides is 4. The molecule has 1 aromatic heterocycles. The second kappa shape index (κ2) is 10.8. The summed E-state index contributed by atoms with van der Waals surface area (Å²) >= 11 is 5.99. The summed E-state index contributed by atoms with van der Waals surface area (Å²) in [5.74, 6) is -0.557. The van der Waals surface area contributed by atoms with E-state index < -0.39 is 19.0 Å². The Bertz CT molecular complexity index is 1010. The van der Waals surface area contributed by atoms with Crippen LogP contribution in [0.3, 0.4) is 0 Å². The van der Waals surface area contributed by atoms with E-state index >= 15 is 0 Å². The number of benzene rings is 1. The molecule has 8 nitrogen and oxygen atoms in total. The number of ether oxygens (including phenoxy) is 1. The Kier molecular flexibility index (Phi) is 8.11. The lowest BCUT2D eigenvalue weighted by atomic mass is 10.0. The summed E-state index contributed by atoms with van der Waals surface area (Å²) in [6.45, 7) is -0.776. The van der Waals surface area contributed by atoms with E-state index in [9.17, 15) is 28.2 Å². The Morgan fingerprint density at radius 1 is 1.30 bits per heavy atom. The Morgan fingerprint density at radius 3 is 2.61 bits per heavy atom. The number of halogens is 4. The number of amides is 1. The Hall–Kier alpha value is -2.89. The summed E-state index contributed by atoms with van der Waals surface area (Å²) < 4.78 is 45.9. The minimum absolute atomic E-state index is 0.000363. The van der Waals surface area contributed by atoms with Crippen LogP contribution in [-0.2, 0) is 11.2 Å². The third kappa shape index (κ3) is 6.80. The van der Waals surface area contributed by atoms with E-state index in [0.717, 1.165) is 12.1 Å². The van der Waals surface area contributed by atoms with Gasteiger partial charge >= 0.3 is 6.36 Å². The van der Waals surface area contributed by atoms with Gasteiger partial charge in [-0.25, -0.2) is 0 Å². The van der Waals surface area contributed by atoms with Crippen LogP contribution >= 0.6 is 11.6 Å². The first-order valence-electron chi connectivity index (χ1n) is 9.94. The molecule has 1 aliphatic carbocycles. The number of hydrogen-bond donors (Lipinski definition) is 2. The molecule has 12 heteroatoms. The standard InChI is InChI=1S/C21H21ClF3N3O5/c22-15-5-1-14(2-6-15)20(31)28(9-10-29)16(12-30)11-18-26-19(27-33-18)13-3-7-17(8-4-13)32-21(23,24)25/h1-5,7-8,15-16,29-30H,6,9-12H2. The maximum absolute atomic E-state index is 12.9. The second-order valence-corrected chi connectivity index (χ2v) is 7.68. The van der Waals surface area contributed by atoms with Crippen molar-refractivity contribution in [3.63, 3.8) is 0 Å². The van der Waals surface area contributed by atoms with Gasteiger partial charge in [0, 0.05) is 24.1 Å². The smallest absolute Gasteiger partial charge is 0.406 e. The van der Waals surface area contributed by atoms with Gasteiger partial charge in [0.25, 0.3) is 5.91 Å². The highest BCUT2D eigenvalue weighted by atomic mass is 35.5. The molecule has 2 unspecified atom stereocenters. The minimum atomic E-state index is -4.80. The highest BCUT2D eigenvalue weighted by Gasteiger charge is 2.31. The van der Waals surface area contributed by atoms with E-state index in [1.165, 1.54) is 17.0 Å². The lowest BCUT2D eigenvalue weighted by molar-refractivity contribution is -0.274. The summed E-state index contributed by atoms with van der Waals surface area (Å²) in [6, 6.07) is 4.16. The quantitative estimate of drug-likeness (QED) is 0.523. The third-order valence-corrected chi connectivity index (χ3v) is 5.10. The van der Waals surface area contributed by atoms with Crippen LogP contribution in [0.25, 0.3) is 11.4 Å². The van der Waals surface area contributed by atoms with Gasteiger partial charge in [-0.15, -0.1) is 24.8 Å². The number of rotatable bonds is 9. The van der Waals surface area contributed by atoms with Gasteiger partial charge in [0.05, 0.1) is 24.6 Å². The first-order chi connectivity index (χ1) is 15.7. The predicted octanol–water partition coefficient (Wildman–Crippen LogP) is 2.85. The SMILES string of the molecule is O=C(C1=CCC(Cl)C=C1)N(CCO)C(CO)Cc1nc(-c2ccc(OC(F)(F)F)cc2)no1. The maximum atomic E-state index is 12.9. The number of aromatic nitrogens is 2. The molecular weight excluding hydrogens is 467 g/mol. The van der Waals surface area contributed by atoms with Crippen LogP contribution in [0.2, 0.25) is 0 Å². The zero-order chi connectivity index (χ0) is 24.0. The van der Waals surface area contributed by atoms with E-state index in [0.29, 0.717) is 17.6 Å². The van der Waals surface area contributed by atoms with Crippen LogP contribution < -0.4 is 4.74 Å². The molecule has 2 atom stereocenters. The number of hydrogen-bond acceptors (Lipinski definition) is 7. The fourth-order valence-corrected chi connectivity index (χ4v) is 3.37. The van der Waals surface area contributed by atoms with Crippen molar-refractivity contribution in [2.75, 3.05) is 19.8 Å². The number of aliphatic hydroxyl groups is 2. The molecule has 33 heavy (non-hydrogen) atoms. The molecule has 0 radical (unpaired) electrons. The van der Waals surface area contributed by atoms with E-state index in [4.69, 9.17) is 16.1 Å². The van der Waals surface area contributed by atoms with Gasteiger partial charge < -0.3 is 24.4 Å². The third-order valence-electron chi connectivity index (χ3n) is 4.77. The van der Waals surface area contributed by atoms with E-state index in [1.54, 1.807) is 18.2 Å². The molecule has 0 spiro atoms. The van der Waals surface area contributed by atoms with Crippen molar-refractivity contribution in [2.45, 2.75) is 30.6 Å². The molecule has 1 aliphatic rings. The second-order valence-electron chi connectivity index (χ2n) is 7.12. The van der Waals surface area contributed by atoms with Crippen molar-refractivity contribution >= 4 is 17.5 Å². The molecular formula is C21H21ClF3N3O5. The van der Waals surface area contributed by atoms with Crippen molar-refractivity contribution in [1.29, 1.82) is 0 Å². The molecule has 0 bridgehead atoms. The molecule has 0 saturated carbocycles. The highest BCUT2D eigenvalue weighted by Crippen LogP contribution is 2.26. The van der Waals surface area contributed by atoms with Crippen LogP contribution in [0.15, 0.2) is 52.6 Å². The Labute approximate surface area is 191 Å². The first kappa shape index (κ1) is 24.7. The van der Waals surface area contributed by atoms with Gasteiger partial charge in [0.1, 0.15) is 5.75 Å². The largest absolute Gasteiger partial charge is 0.573 e. The average molecular weight is 488 g/mol. The molecule has 2 aromatic rings. The summed E-state index contributed by atoms with van der Waals surface area (Å²) in [7, 11) is 0. The number of carbonyl (C=O) groups is 1. The van der Waals surface area contributed by atoms with Crippen LogP contribution in [0, 0.1) is 0 Å². The molecule has 2 N–H and O–H groups in total. The number of nitrogens with zero attached hydrogens (tertiary/aromatic N) is 3. The lowest BCUT2D eigenvalue weighted by Crippen LogP contribution is -2.46. The summed E-state index contributed by atoms with van der Waals surface area (Å²) in [4.78, 5) is 18.4. The van der Waals surface area contributed by atoms with Gasteiger partial charge in [0.2, 0.25) is 11.7 Å². The summed E-state index contributed by atoms with van der Waals surface area (Å²) in [5.41, 5.74) is 0.780. The van der Waals surface area contributed by atoms with Gasteiger partial charge in [-0.2, -0.15) is 4.98 Å². The Balaban J connectivity index is 1.72.